The molecule has 0 saturated carbocycles. The van der Waals surface area contributed by atoms with Crippen molar-refractivity contribution in [3.8, 4) is 16.9 Å². The van der Waals surface area contributed by atoms with Crippen LogP contribution in [-0.4, -0.2) is 30.4 Å². The topological polar surface area (TPSA) is 85.6 Å². The lowest BCUT2D eigenvalue weighted by atomic mass is 10.0. The lowest BCUT2D eigenvalue weighted by Gasteiger charge is -2.14. The van der Waals surface area contributed by atoms with Gasteiger partial charge in [-0.25, -0.2) is 4.98 Å². The van der Waals surface area contributed by atoms with E-state index in [4.69, 9.17) is 0 Å². The summed E-state index contributed by atoms with van der Waals surface area (Å²) in [7, 11) is 0. The van der Waals surface area contributed by atoms with Gasteiger partial charge in [-0.1, -0.05) is 19.9 Å². The van der Waals surface area contributed by atoms with Gasteiger partial charge in [-0.2, -0.15) is 0 Å². The predicted octanol–water partition coefficient (Wildman–Crippen LogP) is 4.39. The molecule has 0 aliphatic heterocycles. The quantitative estimate of drug-likeness (QED) is 0.494. The van der Waals surface area contributed by atoms with Crippen LogP contribution in [0.25, 0.3) is 16.9 Å². The summed E-state index contributed by atoms with van der Waals surface area (Å²) in [4.78, 5) is 30.6. The second kappa shape index (κ2) is 9.09. The smallest absolute Gasteiger partial charge is 0.251 e. The van der Waals surface area contributed by atoms with Gasteiger partial charge in [0.05, 0.1) is 29.8 Å². The van der Waals surface area contributed by atoms with Gasteiger partial charge in [0.1, 0.15) is 5.82 Å². The highest BCUT2D eigenvalue weighted by Crippen LogP contribution is 2.25. The number of benzene rings is 1. The van der Waals surface area contributed by atoms with Crippen molar-refractivity contribution < 1.29 is 4.79 Å². The largest absolute Gasteiger partial charge is 0.346 e. The summed E-state index contributed by atoms with van der Waals surface area (Å²) < 4.78 is 2.02. The Morgan fingerprint density at radius 1 is 1.00 bits per heavy atom. The van der Waals surface area contributed by atoms with E-state index < -0.39 is 0 Å². The zero-order valence-electron chi connectivity index (χ0n) is 18.7. The van der Waals surface area contributed by atoms with Gasteiger partial charge in [0.15, 0.2) is 0 Å². The Morgan fingerprint density at radius 2 is 1.84 bits per heavy atom. The van der Waals surface area contributed by atoms with Crippen LogP contribution < -0.4 is 5.32 Å². The number of aromatic nitrogens is 5. The van der Waals surface area contributed by atoms with Crippen LogP contribution in [0.4, 0.5) is 0 Å². The van der Waals surface area contributed by atoms with Crippen molar-refractivity contribution in [1.29, 1.82) is 0 Å². The first kappa shape index (κ1) is 21.4. The zero-order chi connectivity index (χ0) is 22.7. The van der Waals surface area contributed by atoms with Gasteiger partial charge in [-0.15, -0.1) is 0 Å². The third-order valence-electron chi connectivity index (χ3n) is 5.12. The minimum atomic E-state index is -0.186. The number of carbonyl (C=O) groups is 1. The molecule has 0 unspecified atom stereocenters. The van der Waals surface area contributed by atoms with Crippen molar-refractivity contribution >= 4 is 5.91 Å². The highest BCUT2D eigenvalue weighted by atomic mass is 16.1. The van der Waals surface area contributed by atoms with Crippen LogP contribution >= 0.6 is 0 Å². The van der Waals surface area contributed by atoms with Crippen molar-refractivity contribution in [2.24, 2.45) is 0 Å². The highest BCUT2D eigenvalue weighted by Gasteiger charge is 2.15. The minimum Gasteiger partial charge on any atom is -0.346 e. The molecule has 0 aliphatic carbocycles. The van der Waals surface area contributed by atoms with Gasteiger partial charge in [0.25, 0.3) is 5.91 Å². The SMILES string of the molecule is Cc1ccc(-c2cc(C(=O)NCc3cnc(C)cn3)cc(-n3ccnc3C(C)C)c2)nc1. The number of rotatable bonds is 6. The van der Waals surface area contributed by atoms with Crippen molar-refractivity contribution in [3.63, 3.8) is 0 Å². The number of aryl methyl sites for hydroxylation is 2. The van der Waals surface area contributed by atoms with Crippen LogP contribution in [0, 0.1) is 13.8 Å². The maximum Gasteiger partial charge on any atom is 0.251 e. The van der Waals surface area contributed by atoms with Crippen molar-refractivity contribution in [1.82, 2.24) is 29.8 Å². The maximum absolute atomic E-state index is 13.1. The van der Waals surface area contributed by atoms with Gasteiger partial charge in [-0.05, 0) is 43.7 Å². The zero-order valence-corrected chi connectivity index (χ0v) is 18.7. The lowest BCUT2D eigenvalue weighted by molar-refractivity contribution is 0.0950. The molecule has 0 fully saturated rings. The molecule has 0 radical (unpaired) electrons. The molecule has 7 heteroatoms. The Balaban J connectivity index is 1.71. The molecule has 3 aromatic heterocycles. The van der Waals surface area contributed by atoms with E-state index in [9.17, 15) is 4.79 Å². The van der Waals surface area contributed by atoms with Crippen LogP contribution in [0.3, 0.4) is 0 Å². The van der Waals surface area contributed by atoms with E-state index in [2.05, 4.69) is 39.1 Å². The van der Waals surface area contributed by atoms with Gasteiger partial charge in [0.2, 0.25) is 0 Å². The second-order valence-corrected chi connectivity index (χ2v) is 8.13. The molecule has 0 aliphatic rings. The summed E-state index contributed by atoms with van der Waals surface area (Å²) in [5.41, 5.74) is 5.71. The first-order valence-corrected chi connectivity index (χ1v) is 10.6. The third-order valence-corrected chi connectivity index (χ3v) is 5.12. The molecule has 0 atom stereocenters. The molecule has 7 nitrogen and oxygen atoms in total. The molecule has 3 heterocycles. The monoisotopic (exact) mass is 426 g/mol. The Morgan fingerprint density at radius 3 is 2.53 bits per heavy atom. The van der Waals surface area contributed by atoms with Crippen molar-refractivity contribution in [2.75, 3.05) is 0 Å². The molecule has 162 valence electrons. The fraction of sp³-hybridized carbons (Fsp3) is 0.240. The summed E-state index contributed by atoms with van der Waals surface area (Å²) in [5, 5.41) is 2.95. The number of pyridine rings is 1. The molecular formula is C25H26N6O. The molecule has 32 heavy (non-hydrogen) atoms. The maximum atomic E-state index is 13.1. The van der Waals surface area contributed by atoms with Crippen LogP contribution in [0.2, 0.25) is 0 Å². The third kappa shape index (κ3) is 4.72. The number of imidazole rings is 1. The first-order valence-electron chi connectivity index (χ1n) is 10.6. The Bertz CT molecular complexity index is 1230. The summed E-state index contributed by atoms with van der Waals surface area (Å²) >= 11 is 0. The normalized spacial score (nSPS) is 11.0. The molecular weight excluding hydrogens is 400 g/mol. The molecule has 4 rings (SSSR count). The van der Waals surface area contributed by atoms with E-state index in [1.807, 2.05) is 61.1 Å². The van der Waals surface area contributed by atoms with E-state index >= 15 is 0 Å². The van der Waals surface area contributed by atoms with Gasteiger partial charge in [0, 0.05) is 47.5 Å². The number of hydrogen-bond donors (Lipinski definition) is 1. The van der Waals surface area contributed by atoms with Crippen LogP contribution in [0.15, 0.2) is 61.3 Å². The number of amides is 1. The van der Waals surface area contributed by atoms with Crippen molar-refractivity contribution in [2.45, 2.75) is 40.2 Å². The Labute approximate surface area is 187 Å². The summed E-state index contributed by atoms with van der Waals surface area (Å²) in [5.74, 6) is 0.984. The van der Waals surface area contributed by atoms with Gasteiger partial charge < -0.3 is 9.88 Å². The number of nitrogens with one attached hydrogen (secondary N) is 1. The fourth-order valence-corrected chi connectivity index (χ4v) is 3.41. The van der Waals surface area contributed by atoms with Crippen LogP contribution in [0.5, 0.6) is 0 Å². The van der Waals surface area contributed by atoms with E-state index in [-0.39, 0.29) is 11.8 Å². The van der Waals surface area contributed by atoms with E-state index in [1.54, 1.807) is 18.6 Å². The number of carbonyl (C=O) groups excluding carboxylic acids is 1. The second-order valence-electron chi connectivity index (χ2n) is 8.13. The molecule has 0 bridgehead atoms. The van der Waals surface area contributed by atoms with Gasteiger partial charge >= 0.3 is 0 Å². The number of nitrogens with zero attached hydrogens (tertiary/aromatic N) is 5. The predicted molar refractivity (Wildman–Crippen MR) is 124 cm³/mol. The lowest BCUT2D eigenvalue weighted by Crippen LogP contribution is -2.23. The highest BCUT2D eigenvalue weighted by molar-refractivity contribution is 5.96. The summed E-state index contributed by atoms with van der Waals surface area (Å²) in [6.07, 6.45) is 8.89. The fourth-order valence-electron chi connectivity index (χ4n) is 3.41. The molecule has 1 aromatic carbocycles. The average Bonchev–Trinajstić information content (AvgIpc) is 3.29. The van der Waals surface area contributed by atoms with E-state index in [0.717, 1.165) is 34.0 Å². The Hall–Kier alpha value is -3.87. The van der Waals surface area contributed by atoms with Crippen molar-refractivity contribution in [3.05, 3.63) is 89.7 Å². The summed E-state index contributed by atoms with van der Waals surface area (Å²) in [6, 6.07) is 9.76. The minimum absolute atomic E-state index is 0.186. The van der Waals surface area contributed by atoms with Crippen LogP contribution in [-0.2, 0) is 6.54 Å². The standard InChI is InChI=1S/C25H26N6O/c1-16(2)24-26-7-8-31(24)22-10-19(23-6-5-17(3)12-29-23)9-20(11-22)25(32)30-15-21-14-27-18(4)13-28-21/h5-14,16H,15H2,1-4H3,(H,30,32). The summed E-state index contributed by atoms with van der Waals surface area (Å²) in [6.45, 7) is 8.38. The molecule has 1 N–H and O–H groups in total. The van der Waals surface area contributed by atoms with E-state index in [0.29, 0.717) is 17.8 Å². The van der Waals surface area contributed by atoms with Crippen LogP contribution in [0.1, 0.15) is 52.9 Å². The first-order chi connectivity index (χ1) is 15.4. The molecule has 0 spiro atoms. The average molecular weight is 427 g/mol. The molecule has 0 saturated heterocycles. The van der Waals surface area contributed by atoms with E-state index in [1.165, 1.54) is 0 Å². The van der Waals surface area contributed by atoms with Gasteiger partial charge in [-0.3, -0.25) is 19.7 Å². The number of hydrogen-bond acceptors (Lipinski definition) is 5. The molecule has 4 aromatic rings. The molecule has 1 amide bonds. The Kier molecular flexibility index (Phi) is 6.07.